The van der Waals surface area contributed by atoms with Crippen LogP contribution in [0.4, 0.5) is 4.39 Å². The van der Waals surface area contributed by atoms with Gasteiger partial charge in [-0.3, -0.25) is 14.3 Å². The van der Waals surface area contributed by atoms with Gasteiger partial charge in [-0.15, -0.1) is 0 Å². The number of nitrogens with one attached hydrogen (secondary N) is 1. The lowest BCUT2D eigenvalue weighted by atomic mass is 10.2. The molecule has 1 unspecified atom stereocenters. The SMILES string of the molecule is O=c1[nH]c(=O)n([C@@H]2CC(O)[C@H](COc3ccccc3)O2)cc1F. The second-order valence-electron chi connectivity index (χ2n) is 5.20. The standard InChI is InChI=1S/C15H15FN2O5/c16-10-7-18(15(21)17-14(10)20)13-6-11(19)12(23-13)8-22-9-4-2-1-3-5-9/h1-5,7,11-13,19H,6,8H2,(H,17,20,21)/t11?,12-,13-/m0/s1. The van der Waals surface area contributed by atoms with Gasteiger partial charge in [-0.1, -0.05) is 18.2 Å². The van der Waals surface area contributed by atoms with E-state index in [9.17, 15) is 19.1 Å². The number of ether oxygens (including phenoxy) is 2. The molecule has 1 saturated heterocycles. The van der Waals surface area contributed by atoms with Gasteiger partial charge in [-0.2, -0.15) is 4.39 Å². The van der Waals surface area contributed by atoms with Gasteiger partial charge in [0.05, 0.1) is 12.3 Å². The summed E-state index contributed by atoms with van der Waals surface area (Å²) < 4.78 is 25.3. The van der Waals surface area contributed by atoms with E-state index in [1.54, 1.807) is 12.1 Å². The van der Waals surface area contributed by atoms with Gasteiger partial charge in [-0.25, -0.2) is 4.79 Å². The largest absolute Gasteiger partial charge is 0.491 e. The van der Waals surface area contributed by atoms with Crippen molar-refractivity contribution in [3.8, 4) is 5.75 Å². The smallest absolute Gasteiger partial charge is 0.330 e. The zero-order chi connectivity index (χ0) is 16.4. The highest BCUT2D eigenvalue weighted by atomic mass is 19.1. The van der Waals surface area contributed by atoms with Crippen LogP contribution < -0.4 is 16.0 Å². The highest BCUT2D eigenvalue weighted by Crippen LogP contribution is 2.28. The highest BCUT2D eigenvalue weighted by Gasteiger charge is 2.36. The van der Waals surface area contributed by atoms with Crippen molar-refractivity contribution in [2.75, 3.05) is 6.61 Å². The van der Waals surface area contributed by atoms with Gasteiger partial charge in [-0.05, 0) is 12.1 Å². The van der Waals surface area contributed by atoms with E-state index in [1.165, 1.54) is 0 Å². The molecule has 122 valence electrons. The molecule has 8 heteroatoms. The first-order valence-electron chi connectivity index (χ1n) is 7.07. The minimum Gasteiger partial charge on any atom is -0.491 e. The van der Waals surface area contributed by atoms with E-state index >= 15 is 0 Å². The Labute approximate surface area is 129 Å². The van der Waals surface area contributed by atoms with Gasteiger partial charge in [0.2, 0.25) is 5.82 Å². The maximum Gasteiger partial charge on any atom is 0.330 e. The van der Waals surface area contributed by atoms with Crippen molar-refractivity contribution in [3.63, 3.8) is 0 Å². The Kier molecular flexibility index (Phi) is 4.26. The fraction of sp³-hybridized carbons (Fsp3) is 0.333. The number of benzene rings is 1. The van der Waals surface area contributed by atoms with Gasteiger partial charge in [0.25, 0.3) is 5.56 Å². The summed E-state index contributed by atoms with van der Waals surface area (Å²) in [4.78, 5) is 24.6. The Balaban J connectivity index is 1.70. The molecule has 2 aromatic rings. The van der Waals surface area contributed by atoms with Crippen LogP contribution in [0.2, 0.25) is 0 Å². The van der Waals surface area contributed by atoms with Crippen molar-refractivity contribution in [2.45, 2.75) is 24.9 Å². The molecule has 1 aromatic heterocycles. The summed E-state index contributed by atoms with van der Waals surface area (Å²) in [5, 5.41) is 10.0. The second-order valence-corrected chi connectivity index (χ2v) is 5.20. The molecular formula is C15H15FN2O5. The minimum absolute atomic E-state index is 0.0856. The van der Waals surface area contributed by atoms with Crippen molar-refractivity contribution >= 4 is 0 Å². The molecule has 0 bridgehead atoms. The van der Waals surface area contributed by atoms with Crippen LogP contribution in [-0.2, 0) is 4.74 Å². The number of aromatic nitrogens is 2. The molecular weight excluding hydrogens is 307 g/mol. The minimum atomic E-state index is -1.09. The van der Waals surface area contributed by atoms with Crippen molar-refractivity contribution in [2.24, 2.45) is 0 Å². The molecule has 1 aliphatic rings. The van der Waals surface area contributed by atoms with Crippen LogP contribution in [0.5, 0.6) is 5.75 Å². The summed E-state index contributed by atoms with van der Waals surface area (Å²) in [5.41, 5.74) is -1.88. The second kappa shape index (κ2) is 6.35. The summed E-state index contributed by atoms with van der Waals surface area (Å²) >= 11 is 0. The zero-order valence-corrected chi connectivity index (χ0v) is 12.0. The normalized spacial score (nSPS) is 23.8. The molecule has 1 fully saturated rings. The molecule has 2 heterocycles. The maximum absolute atomic E-state index is 13.3. The van der Waals surface area contributed by atoms with E-state index < -0.39 is 35.5 Å². The Hall–Kier alpha value is -2.45. The van der Waals surface area contributed by atoms with Crippen molar-refractivity contribution in [1.82, 2.24) is 9.55 Å². The van der Waals surface area contributed by atoms with Gasteiger partial charge in [0.15, 0.2) is 0 Å². The fourth-order valence-corrected chi connectivity index (χ4v) is 2.41. The molecule has 1 aliphatic heterocycles. The van der Waals surface area contributed by atoms with Crippen molar-refractivity contribution in [3.05, 3.63) is 63.2 Å². The average molecular weight is 322 g/mol. The van der Waals surface area contributed by atoms with E-state index in [2.05, 4.69) is 0 Å². The third kappa shape index (κ3) is 3.33. The molecule has 3 atom stereocenters. The molecule has 7 nitrogen and oxygen atoms in total. The van der Waals surface area contributed by atoms with Gasteiger partial charge in [0.1, 0.15) is 24.7 Å². The van der Waals surface area contributed by atoms with Crippen LogP contribution in [0.15, 0.2) is 46.1 Å². The van der Waals surface area contributed by atoms with Crippen molar-refractivity contribution < 1.29 is 19.0 Å². The lowest BCUT2D eigenvalue weighted by Crippen LogP contribution is -2.34. The third-order valence-electron chi connectivity index (χ3n) is 3.60. The lowest BCUT2D eigenvalue weighted by molar-refractivity contribution is -0.0412. The van der Waals surface area contributed by atoms with E-state index in [1.807, 2.05) is 23.2 Å². The van der Waals surface area contributed by atoms with Crippen LogP contribution in [0.1, 0.15) is 12.6 Å². The van der Waals surface area contributed by atoms with Crippen LogP contribution in [0.3, 0.4) is 0 Å². The number of H-pyrrole nitrogens is 1. The molecule has 23 heavy (non-hydrogen) atoms. The maximum atomic E-state index is 13.3. The number of hydrogen-bond donors (Lipinski definition) is 2. The molecule has 3 rings (SSSR count). The molecule has 1 aromatic carbocycles. The first-order valence-corrected chi connectivity index (χ1v) is 7.07. The number of aliphatic hydroxyl groups is 1. The number of halogens is 1. The summed E-state index contributed by atoms with van der Waals surface area (Å²) in [5.74, 6) is -0.467. The molecule has 0 saturated carbocycles. The summed E-state index contributed by atoms with van der Waals surface area (Å²) in [6, 6.07) is 9.00. The predicted molar refractivity (Wildman–Crippen MR) is 77.8 cm³/mol. The van der Waals surface area contributed by atoms with Crippen LogP contribution in [0.25, 0.3) is 0 Å². The number of aromatic amines is 1. The third-order valence-corrected chi connectivity index (χ3v) is 3.60. The fourth-order valence-electron chi connectivity index (χ4n) is 2.41. The molecule has 0 spiro atoms. The van der Waals surface area contributed by atoms with E-state index in [0.717, 1.165) is 10.8 Å². The zero-order valence-electron chi connectivity index (χ0n) is 12.0. The van der Waals surface area contributed by atoms with E-state index in [4.69, 9.17) is 9.47 Å². The van der Waals surface area contributed by atoms with Crippen LogP contribution >= 0.6 is 0 Å². The molecule has 0 aliphatic carbocycles. The number of para-hydroxylation sites is 1. The highest BCUT2D eigenvalue weighted by molar-refractivity contribution is 5.20. The molecule has 2 N–H and O–H groups in total. The molecule has 0 amide bonds. The Morgan fingerprint density at radius 3 is 2.83 bits per heavy atom. The Morgan fingerprint density at radius 1 is 1.35 bits per heavy atom. The van der Waals surface area contributed by atoms with Crippen LogP contribution in [-0.4, -0.2) is 33.5 Å². The van der Waals surface area contributed by atoms with Gasteiger partial charge >= 0.3 is 5.69 Å². The van der Waals surface area contributed by atoms with Gasteiger partial charge in [0, 0.05) is 6.42 Å². The number of hydrogen-bond acceptors (Lipinski definition) is 5. The Bertz CT molecular complexity index is 788. The van der Waals surface area contributed by atoms with E-state index in [0.29, 0.717) is 5.75 Å². The first-order chi connectivity index (χ1) is 11.0. The number of nitrogens with zero attached hydrogens (tertiary/aromatic N) is 1. The predicted octanol–water partition coefficient (Wildman–Crippen LogP) is 0.403. The van der Waals surface area contributed by atoms with Crippen molar-refractivity contribution in [1.29, 1.82) is 0 Å². The average Bonchev–Trinajstić information content (AvgIpc) is 2.91. The first kappa shape index (κ1) is 15.4. The van der Waals surface area contributed by atoms with Gasteiger partial charge < -0.3 is 14.6 Å². The van der Waals surface area contributed by atoms with Crippen LogP contribution in [0, 0.1) is 5.82 Å². The lowest BCUT2D eigenvalue weighted by Gasteiger charge is -2.16. The quantitative estimate of drug-likeness (QED) is 0.850. The number of aliphatic hydroxyl groups excluding tert-OH is 1. The number of rotatable bonds is 4. The molecule has 0 radical (unpaired) electrons. The summed E-state index contributed by atoms with van der Waals surface area (Å²) in [6.45, 7) is 0.0856. The monoisotopic (exact) mass is 322 g/mol. The Morgan fingerprint density at radius 2 is 2.09 bits per heavy atom. The summed E-state index contributed by atoms with van der Waals surface area (Å²) in [7, 11) is 0. The van der Waals surface area contributed by atoms with E-state index in [-0.39, 0.29) is 13.0 Å². The summed E-state index contributed by atoms with van der Waals surface area (Å²) in [6.07, 6.45) is -1.53. The topological polar surface area (TPSA) is 93.6 Å².